The molecule has 1 aromatic carbocycles. The van der Waals surface area contributed by atoms with E-state index in [1.165, 1.54) is 7.11 Å². The van der Waals surface area contributed by atoms with Crippen molar-refractivity contribution in [3.05, 3.63) is 33.8 Å². The number of aryl methyl sites for hydroxylation is 1. The summed E-state index contributed by atoms with van der Waals surface area (Å²) in [7, 11) is 1.34. The van der Waals surface area contributed by atoms with E-state index in [0.29, 0.717) is 0 Å². The Kier molecular flexibility index (Phi) is 5.35. The van der Waals surface area contributed by atoms with Crippen molar-refractivity contribution in [3.8, 4) is 0 Å². The van der Waals surface area contributed by atoms with Gasteiger partial charge in [-0.05, 0) is 30.0 Å². The summed E-state index contributed by atoms with van der Waals surface area (Å²) in [6.07, 6.45) is -0.852. The molecule has 0 spiro atoms. The van der Waals surface area contributed by atoms with E-state index in [2.05, 4.69) is 15.9 Å². The van der Waals surface area contributed by atoms with Crippen LogP contribution in [0, 0.1) is 18.8 Å². The third kappa shape index (κ3) is 3.33. The van der Waals surface area contributed by atoms with Crippen LogP contribution in [0.2, 0.25) is 0 Å². The first kappa shape index (κ1) is 15.2. The molecular weight excluding hydrogens is 296 g/mol. The lowest BCUT2D eigenvalue weighted by Crippen LogP contribution is -2.28. The molecule has 100 valence electrons. The van der Waals surface area contributed by atoms with Crippen molar-refractivity contribution in [2.75, 3.05) is 7.11 Å². The van der Waals surface area contributed by atoms with Gasteiger partial charge < -0.3 is 9.84 Å². The van der Waals surface area contributed by atoms with Gasteiger partial charge in [-0.1, -0.05) is 41.9 Å². The molecule has 2 unspecified atom stereocenters. The summed E-state index contributed by atoms with van der Waals surface area (Å²) in [6.45, 7) is 5.77. The number of rotatable bonds is 4. The quantitative estimate of drug-likeness (QED) is 0.868. The van der Waals surface area contributed by atoms with Gasteiger partial charge in [-0.3, -0.25) is 4.79 Å². The fourth-order valence-corrected chi connectivity index (χ4v) is 2.30. The Morgan fingerprint density at radius 2 is 2.00 bits per heavy atom. The topological polar surface area (TPSA) is 46.5 Å². The van der Waals surface area contributed by atoms with E-state index < -0.39 is 12.0 Å². The standard InChI is InChI=1S/C14H19BrO3/c1-8(2)12(14(17)18-4)13(16)10-6-5-9(3)11(15)7-10/h5-8,12-13,16H,1-4H3. The summed E-state index contributed by atoms with van der Waals surface area (Å²) >= 11 is 3.43. The van der Waals surface area contributed by atoms with Gasteiger partial charge in [-0.15, -0.1) is 0 Å². The normalized spacial score (nSPS) is 14.4. The summed E-state index contributed by atoms with van der Waals surface area (Å²) in [6, 6.07) is 5.60. The van der Waals surface area contributed by atoms with Crippen LogP contribution in [-0.4, -0.2) is 18.2 Å². The minimum Gasteiger partial charge on any atom is -0.469 e. The molecule has 0 bridgehead atoms. The Labute approximate surface area is 116 Å². The molecule has 0 aliphatic heterocycles. The summed E-state index contributed by atoms with van der Waals surface area (Å²) in [5, 5.41) is 10.3. The highest BCUT2D eigenvalue weighted by Gasteiger charge is 2.31. The van der Waals surface area contributed by atoms with Crippen LogP contribution >= 0.6 is 15.9 Å². The predicted octanol–water partition coefficient (Wildman–Crippen LogP) is 3.24. The fourth-order valence-electron chi connectivity index (χ4n) is 1.90. The Hall–Kier alpha value is -0.870. The second kappa shape index (κ2) is 6.34. The van der Waals surface area contributed by atoms with Crippen molar-refractivity contribution in [2.45, 2.75) is 26.9 Å². The first-order chi connectivity index (χ1) is 8.38. The van der Waals surface area contributed by atoms with Gasteiger partial charge in [0.1, 0.15) is 0 Å². The van der Waals surface area contributed by atoms with Crippen LogP contribution in [0.4, 0.5) is 0 Å². The molecule has 0 saturated carbocycles. The van der Waals surface area contributed by atoms with Crippen molar-refractivity contribution in [1.29, 1.82) is 0 Å². The minimum atomic E-state index is -0.852. The zero-order valence-electron chi connectivity index (χ0n) is 11.1. The van der Waals surface area contributed by atoms with Crippen molar-refractivity contribution >= 4 is 21.9 Å². The lowest BCUT2D eigenvalue weighted by Gasteiger charge is -2.24. The van der Waals surface area contributed by atoms with E-state index in [1.54, 1.807) is 0 Å². The smallest absolute Gasteiger partial charge is 0.311 e. The van der Waals surface area contributed by atoms with Crippen LogP contribution < -0.4 is 0 Å². The molecule has 0 aliphatic rings. The van der Waals surface area contributed by atoms with Gasteiger partial charge in [-0.2, -0.15) is 0 Å². The van der Waals surface area contributed by atoms with Crippen LogP contribution in [0.1, 0.15) is 31.1 Å². The summed E-state index contributed by atoms with van der Waals surface area (Å²) < 4.78 is 5.68. The molecule has 1 aromatic rings. The van der Waals surface area contributed by atoms with Crippen molar-refractivity contribution in [2.24, 2.45) is 11.8 Å². The number of aliphatic hydroxyl groups excluding tert-OH is 1. The highest BCUT2D eigenvalue weighted by atomic mass is 79.9. The number of ether oxygens (including phenoxy) is 1. The molecule has 0 fully saturated rings. The van der Waals surface area contributed by atoms with Crippen molar-refractivity contribution in [1.82, 2.24) is 0 Å². The van der Waals surface area contributed by atoms with E-state index in [4.69, 9.17) is 4.74 Å². The second-order valence-electron chi connectivity index (χ2n) is 4.75. The third-order valence-corrected chi connectivity index (χ3v) is 3.92. The van der Waals surface area contributed by atoms with Gasteiger partial charge in [0.15, 0.2) is 0 Å². The van der Waals surface area contributed by atoms with E-state index in [1.807, 2.05) is 39.0 Å². The monoisotopic (exact) mass is 314 g/mol. The Morgan fingerprint density at radius 3 is 2.44 bits per heavy atom. The van der Waals surface area contributed by atoms with Crippen LogP contribution in [0.5, 0.6) is 0 Å². The van der Waals surface area contributed by atoms with Gasteiger partial charge in [0, 0.05) is 4.47 Å². The lowest BCUT2D eigenvalue weighted by atomic mass is 9.86. The highest BCUT2D eigenvalue weighted by Crippen LogP contribution is 2.31. The number of halogens is 1. The lowest BCUT2D eigenvalue weighted by molar-refractivity contribution is -0.152. The molecule has 3 nitrogen and oxygen atoms in total. The number of carbonyl (C=O) groups excluding carboxylic acids is 1. The molecule has 0 aliphatic carbocycles. The first-order valence-electron chi connectivity index (χ1n) is 5.90. The van der Waals surface area contributed by atoms with Gasteiger partial charge in [-0.25, -0.2) is 0 Å². The average Bonchev–Trinajstić information content (AvgIpc) is 2.32. The third-order valence-electron chi connectivity index (χ3n) is 3.07. The number of aliphatic hydroxyl groups is 1. The fraction of sp³-hybridized carbons (Fsp3) is 0.500. The molecule has 0 aromatic heterocycles. The number of carbonyl (C=O) groups is 1. The summed E-state index contributed by atoms with van der Waals surface area (Å²) in [5.41, 5.74) is 1.81. The van der Waals surface area contributed by atoms with Crippen LogP contribution in [0.15, 0.2) is 22.7 Å². The predicted molar refractivity (Wildman–Crippen MR) is 74.2 cm³/mol. The summed E-state index contributed by atoms with van der Waals surface area (Å²) in [5.74, 6) is -0.925. The number of benzene rings is 1. The molecule has 0 amide bonds. The van der Waals surface area contributed by atoms with Gasteiger partial charge in [0.05, 0.1) is 19.1 Å². The van der Waals surface area contributed by atoms with E-state index in [9.17, 15) is 9.90 Å². The molecule has 18 heavy (non-hydrogen) atoms. The van der Waals surface area contributed by atoms with Crippen molar-refractivity contribution in [3.63, 3.8) is 0 Å². The Morgan fingerprint density at radius 1 is 1.39 bits per heavy atom. The van der Waals surface area contributed by atoms with Gasteiger partial charge >= 0.3 is 5.97 Å². The summed E-state index contributed by atoms with van der Waals surface area (Å²) in [4.78, 5) is 11.7. The number of hydrogen-bond donors (Lipinski definition) is 1. The molecule has 0 saturated heterocycles. The molecule has 0 heterocycles. The maximum Gasteiger partial charge on any atom is 0.311 e. The van der Waals surface area contributed by atoms with E-state index in [-0.39, 0.29) is 11.9 Å². The number of esters is 1. The van der Waals surface area contributed by atoms with E-state index in [0.717, 1.165) is 15.6 Å². The first-order valence-corrected chi connectivity index (χ1v) is 6.69. The highest BCUT2D eigenvalue weighted by molar-refractivity contribution is 9.10. The second-order valence-corrected chi connectivity index (χ2v) is 5.60. The Balaban J connectivity index is 3.05. The van der Waals surface area contributed by atoms with Crippen molar-refractivity contribution < 1.29 is 14.6 Å². The van der Waals surface area contributed by atoms with Crippen LogP contribution in [-0.2, 0) is 9.53 Å². The molecule has 1 rings (SSSR count). The zero-order chi connectivity index (χ0) is 13.9. The number of hydrogen-bond acceptors (Lipinski definition) is 3. The number of methoxy groups -OCH3 is 1. The van der Waals surface area contributed by atoms with Crippen LogP contribution in [0.25, 0.3) is 0 Å². The molecular formula is C14H19BrO3. The maximum absolute atomic E-state index is 11.7. The SMILES string of the molecule is COC(=O)C(C(C)C)C(O)c1ccc(C)c(Br)c1. The largest absolute Gasteiger partial charge is 0.469 e. The Bertz CT molecular complexity index is 429. The average molecular weight is 315 g/mol. The molecule has 0 radical (unpaired) electrons. The van der Waals surface area contributed by atoms with Gasteiger partial charge in [0.25, 0.3) is 0 Å². The van der Waals surface area contributed by atoms with Gasteiger partial charge in [0.2, 0.25) is 0 Å². The van der Waals surface area contributed by atoms with E-state index >= 15 is 0 Å². The molecule has 4 heteroatoms. The van der Waals surface area contributed by atoms with Crippen LogP contribution in [0.3, 0.4) is 0 Å². The molecule has 2 atom stereocenters. The maximum atomic E-state index is 11.7. The zero-order valence-corrected chi connectivity index (χ0v) is 12.7. The molecule has 1 N–H and O–H groups in total. The minimum absolute atomic E-state index is 0.00697.